The summed E-state index contributed by atoms with van der Waals surface area (Å²) in [6.07, 6.45) is -1.34. The number of H-pyrrole nitrogens is 4. The van der Waals surface area contributed by atoms with Gasteiger partial charge in [0.05, 0.1) is 108 Å². The molecular weight excluding hydrogens is 839 g/mol. The number of quaternary nitrogens is 1. The molecule has 0 aliphatic carbocycles. The number of likely N-dealkylation sites (N-methyl/N-ethyl adjacent to an activating group) is 2. The molecule has 2 saturated heterocycles. The van der Waals surface area contributed by atoms with Crippen molar-refractivity contribution < 1.29 is 28.3 Å². The van der Waals surface area contributed by atoms with Crippen molar-refractivity contribution in [3.8, 4) is 22.8 Å². The number of carbonyl (C=O) groups excluding carboxylic acids is 1. The number of aliphatic carboxylic acids is 1. The number of hydrogen-bond acceptors (Lipinski definition) is 12. The molecule has 19 heteroatoms. The monoisotopic (exact) mass is 888 g/mol. The Kier molecular flexibility index (Phi) is 12.0. The van der Waals surface area contributed by atoms with Gasteiger partial charge in [-0.15, -0.1) is 0 Å². The van der Waals surface area contributed by atoms with E-state index in [0.29, 0.717) is 22.7 Å². The molecule has 2 fully saturated rings. The summed E-state index contributed by atoms with van der Waals surface area (Å²) in [5.74, 6) is -1.73. The molecule has 338 valence electrons. The van der Waals surface area contributed by atoms with E-state index in [1.54, 1.807) is 12.1 Å². The zero-order valence-corrected chi connectivity index (χ0v) is 36.3. The zero-order chi connectivity index (χ0) is 46.3. The number of anilines is 4. The number of carbonyl (C=O) groups is 1. The molecule has 0 bridgehead atoms. The van der Waals surface area contributed by atoms with Gasteiger partial charge < -0.3 is 65.6 Å². The minimum atomic E-state index is -1.44. The smallest absolute Gasteiger partial charge is 0.261 e. The van der Waals surface area contributed by atoms with Gasteiger partial charge in [0.15, 0.2) is 0 Å². The fourth-order valence-corrected chi connectivity index (χ4v) is 8.09. The molecule has 0 spiro atoms. The summed E-state index contributed by atoms with van der Waals surface area (Å²) in [7, 11) is 6.61. The maximum atomic E-state index is 14.4. The summed E-state index contributed by atoms with van der Waals surface area (Å²) in [4.78, 5) is 62.6. The number of nitrogen functional groups attached to an aromatic ring is 2. The van der Waals surface area contributed by atoms with E-state index in [-0.39, 0.29) is 33.3 Å². The Morgan fingerprint density at radius 1 is 0.692 bits per heavy atom. The minimum Gasteiger partial charge on any atom is -0.547 e. The highest BCUT2D eigenvalue weighted by molar-refractivity contribution is 5.99. The van der Waals surface area contributed by atoms with Crippen LogP contribution in [0.15, 0.2) is 82.4 Å². The number of fused-ring (bicyclic) bond motifs is 4. The van der Waals surface area contributed by atoms with Gasteiger partial charge in [-0.3, -0.25) is 9.59 Å². The molecule has 17 nitrogen and oxygen atoms in total. The molecule has 4 aromatic carbocycles. The van der Waals surface area contributed by atoms with Crippen molar-refractivity contribution in [1.82, 2.24) is 34.8 Å². The second-order valence-electron chi connectivity index (χ2n) is 17.0. The molecule has 10 rings (SSSR count). The van der Waals surface area contributed by atoms with Crippen LogP contribution < -0.4 is 37.5 Å². The second kappa shape index (κ2) is 17.7. The largest absolute Gasteiger partial charge is 0.547 e. The summed E-state index contributed by atoms with van der Waals surface area (Å²) < 4.78 is 29.7. The SMILES string of the molecule is CC(O)C(=O)[O-].CN1CCN(c2ccc3nc(-c4c(N)c5c(F)cccc5[nH]c4=O)[nH]c3c2)CC1.C[N+]1(C)CCN(c2ccc3nc(-c4c(N)c5c(F)cccc5[nH]c4=O)[nH]c3c2)CC1. The van der Waals surface area contributed by atoms with Crippen LogP contribution in [0.2, 0.25) is 0 Å². The molecule has 1 atom stereocenters. The number of hydrogen-bond donors (Lipinski definition) is 7. The highest BCUT2D eigenvalue weighted by Gasteiger charge is 2.25. The maximum Gasteiger partial charge on any atom is 0.261 e. The molecule has 6 heterocycles. The van der Waals surface area contributed by atoms with Crippen molar-refractivity contribution in [2.24, 2.45) is 0 Å². The lowest BCUT2D eigenvalue weighted by Gasteiger charge is -2.40. The topological polar surface area (TPSA) is 245 Å². The molecule has 2 aliphatic heterocycles. The number of carboxylic acid groups (broad SMARTS) is 1. The van der Waals surface area contributed by atoms with E-state index >= 15 is 0 Å². The van der Waals surface area contributed by atoms with Gasteiger partial charge in [0.25, 0.3) is 11.1 Å². The average Bonchev–Trinajstić information content (AvgIpc) is 3.88. The standard InChI is InChI=1S/C22H23FN6O.C21H21FN6O.C3H6O3/c1-29(2)10-8-28(9-11-29)13-6-7-15-17(12-13)26-21(25-15)19-20(24)18-14(23)4-3-5-16(18)27-22(19)30;1-27-7-9-28(10-8-27)12-5-6-14-16(11-12)25-20(24-14)18-19(23)17-13(22)3-2-4-15(17)26-21(18)29;1-2(4)3(5)6/h3-7,12H,8-11H2,1-2H3,(H3-,24,25,26,27,30);2-6,11H,7-10H2,1H3,(H,24,25)(H3,23,26,29);2,4H,1H3,(H,5,6). The number of nitrogens with zero attached hydrogens (tertiary/aromatic N) is 6. The van der Waals surface area contributed by atoms with Gasteiger partial charge in [-0.1, -0.05) is 12.1 Å². The quantitative estimate of drug-likeness (QED) is 0.123. The Bertz CT molecular complexity index is 3200. The van der Waals surface area contributed by atoms with Crippen molar-refractivity contribution in [1.29, 1.82) is 0 Å². The van der Waals surface area contributed by atoms with Gasteiger partial charge in [0, 0.05) is 37.6 Å². The number of benzene rings is 4. The molecule has 8 aromatic rings. The lowest BCUT2D eigenvalue weighted by molar-refractivity contribution is -0.890. The van der Waals surface area contributed by atoms with Crippen LogP contribution in [-0.4, -0.2) is 130 Å². The lowest BCUT2D eigenvalue weighted by Crippen LogP contribution is -2.54. The summed E-state index contributed by atoms with van der Waals surface area (Å²) in [6.45, 7) is 9.21. The van der Waals surface area contributed by atoms with E-state index in [9.17, 15) is 28.3 Å². The normalized spacial score (nSPS) is 15.7. The number of carboxylic acids is 1. The van der Waals surface area contributed by atoms with Gasteiger partial charge in [0.2, 0.25) is 0 Å². The molecule has 1 unspecified atom stereocenters. The van der Waals surface area contributed by atoms with Crippen molar-refractivity contribution in [2.75, 3.05) is 94.8 Å². The third-order valence-corrected chi connectivity index (χ3v) is 12.0. The van der Waals surface area contributed by atoms with E-state index < -0.39 is 34.8 Å². The summed E-state index contributed by atoms with van der Waals surface area (Å²) in [5, 5.41) is 17.7. The summed E-state index contributed by atoms with van der Waals surface area (Å²) in [6, 6.07) is 21.0. The Morgan fingerprint density at radius 3 is 1.52 bits per heavy atom. The minimum absolute atomic E-state index is 0.0835. The lowest BCUT2D eigenvalue weighted by atomic mass is 10.1. The first-order valence-electron chi connectivity index (χ1n) is 21.1. The van der Waals surface area contributed by atoms with E-state index in [2.05, 4.69) is 65.7 Å². The van der Waals surface area contributed by atoms with Crippen molar-refractivity contribution >= 4 is 72.6 Å². The van der Waals surface area contributed by atoms with E-state index in [0.717, 1.165) is 97.2 Å². The van der Waals surface area contributed by atoms with Crippen molar-refractivity contribution in [3.63, 3.8) is 0 Å². The first-order chi connectivity index (χ1) is 31.0. The number of pyridine rings is 2. The van der Waals surface area contributed by atoms with Crippen LogP contribution in [0.1, 0.15) is 6.92 Å². The molecule has 0 saturated carbocycles. The maximum absolute atomic E-state index is 14.4. The van der Waals surface area contributed by atoms with Gasteiger partial charge in [-0.25, -0.2) is 18.7 Å². The highest BCUT2D eigenvalue weighted by atomic mass is 19.1. The van der Waals surface area contributed by atoms with Crippen LogP contribution in [-0.2, 0) is 4.79 Å². The Balaban J connectivity index is 0.000000158. The van der Waals surface area contributed by atoms with E-state index in [1.165, 1.54) is 24.3 Å². The number of piperazine rings is 2. The third kappa shape index (κ3) is 9.06. The molecule has 0 amide bonds. The number of rotatable bonds is 5. The fourth-order valence-electron chi connectivity index (χ4n) is 8.09. The first-order valence-corrected chi connectivity index (χ1v) is 21.1. The van der Waals surface area contributed by atoms with Crippen molar-refractivity contribution in [3.05, 3.63) is 105 Å². The van der Waals surface area contributed by atoms with Crippen LogP contribution in [0.25, 0.3) is 66.6 Å². The number of halogens is 2. The number of imidazole rings is 2. The highest BCUT2D eigenvalue weighted by Crippen LogP contribution is 2.33. The van der Waals surface area contributed by atoms with Crippen LogP contribution >= 0.6 is 0 Å². The molecule has 9 N–H and O–H groups in total. The predicted molar refractivity (Wildman–Crippen MR) is 249 cm³/mol. The first kappa shape index (κ1) is 44.3. The zero-order valence-electron chi connectivity index (χ0n) is 36.3. The van der Waals surface area contributed by atoms with Crippen molar-refractivity contribution in [2.45, 2.75) is 13.0 Å². The molecular formula is C46H50F2N12O5. The van der Waals surface area contributed by atoms with E-state index in [4.69, 9.17) is 16.6 Å². The number of nitrogens with two attached hydrogens (primary N) is 2. The van der Waals surface area contributed by atoms with Gasteiger partial charge in [-0.05, 0) is 74.6 Å². The van der Waals surface area contributed by atoms with Gasteiger partial charge in [-0.2, -0.15) is 0 Å². The van der Waals surface area contributed by atoms with Crippen LogP contribution in [0.5, 0.6) is 0 Å². The van der Waals surface area contributed by atoms with Crippen LogP contribution in [0, 0.1) is 11.6 Å². The van der Waals surface area contributed by atoms with Crippen LogP contribution in [0.3, 0.4) is 0 Å². The Labute approximate surface area is 370 Å². The number of nitrogens with one attached hydrogen (secondary N) is 4. The number of aliphatic hydroxyl groups excluding tert-OH is 1. The number of aromatic nitrogens is 6. The fraction of sp³-hybridized carbons (Fsp3) is 0.283. The van der Waals surface area contributed by atoms with Gasteiger partial charge in [0.1, 0.15) is 34.4 Å². The van der Waals surface area contributed by atoms with E-state index in [1.807, 2.05) is 36.4 Å². The average molecular weight is 889 g/mol. The molecule has 0 radical (unpaired) electrons. The summed E-state index contributed by atoms with van der Waals surface area (Å²) in [5.41, 5.74) is 18.1. The predicted octanol–water partition coefficient (Wildman–Crippen LogP) is 3.35. The second-order valence-corrected chi connectivity index (χ2v) is 17.0. The number of aliphatic hydroxyl groups is 1. The summed E-state index contributed by atoms with van der Waals surface area (Å²) >= 11 is 0. The Hall–Kier alpha value is -7.35. The third-order valence-electron chi connectivity index (χ3n) is 12.0. The molecule has 2 aliphatic rings. The molecule has 4 aromatic heterocycles. The Morgan fingerprint density at radius 2 is 1.11 bits per heavy atom. The molecule has 65 heavy (non-hydrogen) atoms. The van der Waals surface area contributed by atoms with Crippen LogP contribution in [0.4, 0.5) is 31.5 Å². The number of aromatic amines is 4. The van der Waals surface area contributed by atoms with Gasteiger partial charge >= 0.3 is 0 Å².